The third-order valence-electron chi connectivity index (χ3n) is 3.59. The van der Waals surface area contributed by atoms with Crippen LogP contribution in [0.5, 0.6) is 0 Å². The van der Waals surface area contributed by atoms with Gasteiger partial charge in [0, 0.05) is 18.6 Å². The second-order valence-corrected chi connectivity index (χ2v) is 4.50. The van der Waals surface area contributed by atoms with E-state index in [2.05, 4.69) is 11.8 Å². The summed E-state index contributed by atoms with van der Waals surface area (Å²) in [7, 11) is 0. The molecule has 1 heterocycles. The highest BCUT2D eigenvalue weighted by atomic mass is 16.5. The third kappa shape index (κ3) is 2.10. The molecule has 0 aromatic carbocycles. The molecule has 0 radical (unpaired) electrons. The minimum absolute atomic E-state index is 0.0552. The van der Waals surface area contributed by atoms with E-state index in [-0.39, 0.29) is 6.10 Å². The highest BCUT2D eigenvalue weighted by molar-refractivity contribution is 4.87. The molecule has 3 atom stereocenters. The van der Waals surface area contributed by atoms with E-state index in [9.17, 15) is 5.11 Å². The van der Waals surface area contributed by atoms with Crippen LogP contribution in [0.2, 0.25) is 0 Å². The van der Waals surface area contributed by atoms with E-state index < -0.39 is 0 Å². The van der Waals surface area contributed by atoms with Gasteiger partial charge in [-0.3, -0.25) is 4.90 Å². The molecule has 1 saturated carbocycles. The Morgan fingerprint density at radius 1 is 1.43 bits per heavy atom. The highest BCUT2D eigenvalue weighted by Gasteiger charge is 2.33. The van der Waals surface area contributed by atoms with Gasteiger partial charge in [0.05, 0.1) is 19.3 Å². The highest BCUT2D eigenvalue weighted by Crippen LogP contribution is 2.27. The molecular formula is C11H21NO2. The molecule has 2 rings (SSSR count). The van der Waals surface area contributed by atoms with E-state index >= 15 is 0 Å². The Morgan fingerprint density at radius 2 is 2.29 bits per heavy atom. The van der Waals surface area contributed by atoms with Crippen LogP contribution in [-0.4, -0.2) is 48.0 Å². The first-order valence-corrected chi connectivity index (χ1v) is 5.82. The zero-order valence-corrected chi connectivity index (χ0v) is 8.98. The monoisotopic (exact) mass is 199 g/mol. The second kappa shape index (κ2) is 4.60. The van der Waals surface area contributed by atoms with Gasteiger partial charge in [-0.1, -0.05) is 6.92 Å². The first-order chi connectivity index (χ1) is 6.81. The molecule has 3 heteroatoms. The van der Waals surface area contributed by atoms with Crippen LogP contribution in [0.3, 0.4) is 0 Å². The van der Waals surface area contributed by atoms with Crippen molar-refractivity contribution in [2.45, 2.75) is 50.8 Å². The van der Waals surface area contributed by atoms with Crippen molar-refractivity contribution in [3.8, 4) is 0 Å². The summed E-state index contributed by atoms with van der Waals surface area (Å²) in [6.45, 7) is 5.01. The fraction of sp³-hybridized carbons (Fsp3) is 1.00. The Morgan fingerprint density at radius 3 is 2.93 bits per heavy atom. The van der Waals surface area contributed by atoms with E-state index in [1.807, 2.05) is 0 Å². The summed E-state index contributed by atoms with van der Waals surface area (Å²) in [5.41, 5.74) is 0. The molecule has 0 spiro atoms. The lowest BCUT2D eigenvalue weighted by Gasteiger charge is -2.39. The van der Waals surface area contributed by atoms with Crippen LogP contribution in [0.15, 0.2) is 0 Å². The summed E-state index contributed by atoms with van der Waals surface area (Å²) in [5.74, 6) is 0. The van der Waals surface area contributed by atoms with Gasteiger partial charge in [0.15, 0.2) is 0 Å². The number of morpholine rings is 1. The quantitative estimate of drug-likeness (QED) is 0.720. The van der Waals surface area contributed by atoms with Gasteiger partial charge in [0.25, 0.3) is 0 Å². The first kappa shape index (κ1) is 10.4. The molecule has 2 aliphatic rings. The average molecular weight is 199 g/mol. The van der Waals surface area contributed by atoms with Crippen LogP contribution in [0.4, 0.5) is 0 Å². The number of rotatable bonds is 2. The largest absolute Gasteiger partial charge is 0.393 e. The van der Waals surface area contributed by atoms with E-state index in [0.29, 0.717) is 12.1 Å². The number of nitrogens with zero attached hydrogens (tertiary/aromatic N) is 1. The lowest BCUT2D eigenvalue weighted by atomic mass is 10.1. The predicted octanol–water partition coefficient (Wildman–Crippen LogP) is 1.01. The summed E-state index contributed by atoms with van der Waals surface area (Å²) >= 11 is 0. The molecule has 1 saturated heterocycles. The van der Waals surface area contributed by atoms with Crippen molar-refractivity contribution in [1.29, 1.82) is 0 Å². The Kier molecular flexibility index (Phi) is 3.42. The molecule has 82 valence electrons. The smallest absolute Gasteiger partial charge is 0.0622 e. The summed E-state index contributed by atoms with van der Waals surface area (Å²) in [4.78, 5) is 2.56. The molecule has 1 aliphatic heterocycles. The molecule has 14 heavy (non-hydrogen) atoms. The van der Waals surface area contributed by atoms with Crippen molar-refractivity contribution >= 4 is 0 Å². The maximum absolute atomic E-state index is 9.53. The van der Waals surface area contributed by atoms with Gasteiger partial charge < -0.3 is 9.84 Å². The summed E-state index contributed by atoms with van der Waals surface area (Å²) < 4.78 is 5.49. The zero-order valence-electron chi connectivity index (χ0n) is 8.98. The van der Waals surface area contributed by atoms with Crippen LogP contribution in [-0.2, 0) is 4.74 Å². The van der Waals surface area contributed by atoms with Gasteiger partial charge in [-0.15, -0.1) is 0 Å². The molecule has 3 nitrogen and oxygen atoms in total. The Bertz CT molecular complexity index is 186. The summed E-state index contributed by atoms with van der Waals surface area (Å²) in [6.07, 6.45) is 4.22. The molecule has 2 fully saturated rings. The standard InChI is InChI=1S/C11H21NO2/c1-2-9-8-14-6-5-12(9)10-3-4-11(13)7-10/h9-11,13H,2-8H2,1H3. The van der Waals surface area contributed by atoms with Crippen LogP contribution in [0, 0.1) is 0 Å². The minimum atomic E-state index is -0.0552. The Hall–Kier alpha value is -0.120. The molecule has 1 aliphatic carbocycles. The van der Waals surface area contributed by atoms with Gasteiger partial charge >= 0.3 is 0 Å². The summed E-state index contributed by atoms with van der Waals surface area (Å²) in [5, 5.41) is 9.53. The van der Waals surface area contributed by atoms with Crippen molar-refractivity contribution in [3.63, 3.8) is 0 Å². The van der Waals surface area contributed by atoms with Gasteiger partial charge in [-0.25, -0.2) is 0 Å². The fourth-order valence-electron chi connectivity index (χ4n) is 2.74. The second-order valence-electron chi connectivity index (χ2n) is 4.50. The normalized spacial score (nSPS) is 40.3. The van der Waals surface area contributed by atoms with Crippen molar-refractivity contribution in [2.24, 2.45) is 0 Å². The molecular weight excluding hydrogens is 178 g/mol. The van der Waals surface area contributed by atoms with Crippen molar-refractivity contribution in [2.75, 3.05) is 19.8 Å². The van der Waals surface area contributed by atoms with Gasteiger partial charge in [0.1, 0.15) is 0 Å². The predicted molar refractivity (Wildman–Crippen MR) is 55.2 cm³/mol. The zero-order chi connectivity index (χ0) is 9.97. The average Bonchev–Trinajstić information content (AvgIpc) is 2.65. The van der Waals surface area contributed by atoms with Crippen LogP contribution >= 0.6 is 0 Å². The number of hydrogen-bond acceptors (Lipinski definition) is 3. The fourth-order valence-corrected chi connectivity index (χ4v) is 2.74. The van der Waals surface area contributed by atoms with Crippen molar-refractivity contribution in [3.05, 3.63) is 0 Å². The molecule has 3 unspecified atom stereocenters. The van der Waals surface area contributed by atoms with Gasteiger partial charge in [-0.2, -0.15) is 0 Å². The van der Waals surface area contributed by atoms with Crippen molar-refractivity contribution in [1.82, 2.24) is 4.90 Å². The number of hydrogen-bond donors (Lipinski definition) is 1. The van der Waals surface area contributed by atoms with Gasteiger partial charge in [0.2, 0.25) is 0 Å². The minimum Gasteiger partial charge on any atom is -0.393 e. The van der Waals surface area contributed by atoms with E-state index in [1.165, 1.54) is 0 Å². The van der Waals surface area contributed by atoms with Crippen LogP contribution in [0.25, 0.3) is 0 Å². The molecule has 0 aromatic heterocycles. The Balaban J connectivity index is 1.93. The number of ether oxygens (including phenoxy) is 1. The van der Waals surface area contributed by atoms with Crippen molar-refractivity contribution < 1.29 is 9.84 Å². The lowest BCUT2D eigenvalue weighted by Crippen LogP contribution is -2.49. The first-order valence-electron chi connectivity index (χ1n) is 5.82. The van der Waals surface area contributed by atoms with E-state index in [0.717, 1.165) is 45.4 Å². The van der Waals surface area contributed by atoms with Crippen LogP contribution < -0.4 is 0 Å². The number of aliphatic hydroxyl groups is 1. The topological polar surface area (TPSA) is 32.7 Å². The molecule has 0 aromatic rings. The SMILES string of the molecule is CCC1COCCN1C1CCC(O)C1. The molecule has 0 bridgehead atoms. The number of aliphatic hydroxyl groups excluding tert-OH is 1. The third-order valence-corrected chi connectivity index (χ3v) is 3.59. The molecule has 1 N–H and O–H groups in total. The van der Waals surface area contributed by atoms with E-state index in [1.54, 1.807) is 0 Å². The molecule has 0 amide bonds. The Labute approximate surface area is 86.0 Å². The van der Waals surface area contributed by atoms with Gasteiger partial charge in [-0.05, 0) is 25.7 Å². The van der Waals surface area contributed by atoms with Crippen LogP contribution in [0.1, 0.15) is 32.6 Å². The maximum Gasteiger partial charge on any atom is 0.0622 e. The lowest BCUT2D eigenvalue weighted by molar-refractivity contribution is -0.0307. The summed E-state index contributed by atoms with van der Waals surface area (Å²) in [6, 6.07) is 1.19. The maximum atomic E-state index is 9.53. The van der Waals surface area contributed by atoms with E-state index in [4.69, 9.17) is 4.74 Å².